The van der Waals surface area contributed by atoms with Crippen LogP contribution in [0.5, 0.6) is 0 Å². The van der Waals surface area contributed by atoms with Crippen LogP contribution in [-0.2, 0) is 17.5 Å². The van der Waals surface area contributed by atoms with E-state index >= 15 is 0 Å². The van der Waals surface area contributed by atoms with Gasteiger partial charge in [0.15, 0.2) is 0 Å². The van der Waals surface area contributed by atoms with Crippen LogP contribution in [-0.4, -0.2) is 60.9 Å². The Morgan fingerprint density at radius 2 is 1.80 bits per heavy atom. The topological polar surface area (TPSA) is 69.9 Å². The second kappa shape index (κ2) is 11.0. The maximum absolute atomic E-state index is 13.6. The number of piperidine rings is 1. The Labute approximate surface area is 201 Å². The zero-order valence-corrected chi connectivity index (χ0v) is 19.6. The van der Waals surface area contributed by atoms with Gasteiger partial charge in [-0.1, -0.05) is 12.1 Å². The molecule has 190 valence electrons. The number of anilines is 1. The summed E-state index contributed by atoms with van der Waals surface area (Å²) in [6.45, 7) is 1.92. The van der Waals surface area contributed by atoms with Crippen LogP contribution >= 0.6 is 0 Å². The molecule has 1 heterocycles. The summed E-state index contributed by atoms with van der Waals surface area (Å²) in [5.74, 6) is -0.804. The number of carbonyl (C=O) groups is 1. The van der Waals surface area contributed by atoms with E-state index in [2.05, 4.69) is 0 Å². The number of nitrogens with zero attached hydrogens (tertiary/aromatic N) is 4. The average Bonchev–Trinajstić information content (AvgIpc) is 2.80. The SMILES string of the molecule is CN(C)CCN(Cc1cccc(F)c1)C(=O)C1CCN(c2ccc(C(F)(F)F)cc2[N+](=O)[O-])CC1. The average molecular weight is 497 g/mol. The number of benzene rings is 2. The van der Waals surface area contributed by atoms with E-state index in [1.165, 1.54) is 12.1 Å². The third-order valence-corrected chi connectivity index (χ3v) is 6.08. The third-order valence-electron chi connectivity index (χ3n) is 6.08. The number of hydrogen-bond acceptors (Lipinski definition) is 5. The number of hydrogen-bond donors (Lipinski definition) is 0. The molecule has 11 heteroatoms. The minimum absolute atomic E-state index is 0.0855. The first-order valence-corrected chi connectivity index (χ1v) is 11.2. The third kappa shape index (κ3) is 6.91. The molecule has 3 rings (SSSR count). The first-order chi connectivity index (χ1) is 16.5. The Bertz CT molecular complexity index is 1050. The lowest BCUT2D eigenvalue weighted by atomic mass is 9.94. The molecule has 7 nitrogen and oxygen atoms in total. The molecule has 0 saturated carbocycles. The predicted octanol–water partition coefficient (Wildman–Crippen LogP) is 4.56. The van der Waals surface area contributed by atoms with Gasteiger partial charge in [0.25, 0.3) is 5.69 Å². The van der Waals surface area contributed by atoms with Crippen molar-refractivity contribution >= 4 is 17.3 Å². The van der Waals surface area contributed by atoms with Gasteiger partial charge in [-0.25, -0.2) is 4.39 Å². The van der Waals surface area contributed by atoms with Crippen LogP contribution < -0.4 is 4.90 Å². The molecule has 0 atom stereocenters. The molecule has 0 aromatic heterocycles. The van der Waals surface area contributed by atoms with Crippen molar-refractivity contribution in [2.75, 3.05) is 45.2 Å². The molecular weight excluding hydrogens is 468 g/mol. The summed E-state index contributed by atoms with van der Waals surface area (Å²) in [4.78, 5) is 29.3. The summed E-state index contributed by atoms with van der Waals surface area (Å²) in [7, 11) is 3.78. The van der Waals surface area contributed by atoms with E-state index in [4.69, 9.17) is 0 Å². The Morgan fingerprint density at radius 3 is 2.37 bits per heavy atom. The first-order valence-electron chi connectivity index (χ1n) is 11.2. The van der Waals surface area contributed by atoms with Gasteiger partial charge >= 0.3 is 6.18 Å². The maximum atomic E-state index is 13.6. The van der Waals surface area contributed by atoms with Crippen LogP contribution in [0.1, 0.15) is 24.0 Å². The molecule has 35 heavy (non-hydrogen) atoms. The monoisotopic (exact) mass is 496 g/mol. The molecule has 0 spiro atoms. The lowest BCUT2D eigenvalue weighted by Gasteiger charge is -2.35. The summed E-state index contributed by atoms with van der Waals surface area (Å²) in [6, 6.07) is 8.58. The van der Waals surface area contributed by atoms with Crippen LogP contribution in [0.3, 0.4) is 0 Å². The lowest BCUT2D eigenvalue weighted by molar-refractivity contribution is -0.384. The van der Waals surface area contributed by atoms with Gasteiger partial charge in [0.1, 0.15) is 11.5 Å². The number of nitro benzene ring substituents is 1. The quantitative estimate of drug-likeness (QED) is 0.305. The molecule has 0 N–H and O–H groups in total. The van der Waals surface area contributed by atoms with E-state index in [1.807, 2.05) is 19.0 Å². The van der Waals surface area contributed by atoms with Crippen LogP contribution in [0, 0.1) is 21.8 Å². The van der Waals surface area contributed by atoms with Crippen molar-refractivity contribution in [3.63, 3.8) is 0 Å². The predicted molar refractivity (Wildman–Crippen MR) is 123 cm³/mol. The molecule has 0 radical (unpaired) electrons. The smallest absolute Gasteiger partial charge is 0.366 e. The molecule has 0 unspecified atom stereocenters. The van der Waals surface area contributed by atoms with E-state index in [0.29, 0.717) is 50.7 Å². The lowest BCUT2D eigenvalue weighted by Crippen LogP contribution is -2.44. The van der Waals surface area contributed by atoms with Gasteiger partial charge in [0.05, 0.1) is 10.5 Å². The van der Waals surface area contributed by atoms with E-state index in [1.54, 1.807) is 21.9 Å². The summed E-state index contributed by atoms with van der Waals surface area (Å²) >= 11 is 0. The van der Waals surface area contributed by atoms with Gasteiger partial charge in [-0.15, -0.1) is 0 Å². The fourth-order valence-corrected chi connectivity index (χ4v) is 4.18. The Morgan fingerprint density at radius 1 is 1.11 bits per heavy atom. The highest BCUT2D eigenvalue weighted by molar-refractivity contribution is 5.79. The van der Waals surface area contributed by atoms with Gasteiger partial charge < -0.3 is 14.7 Å². The van der Waals surface area contributed by atoms with Gasteiger partial charge in [-0.05, 0) is 56.8 Å². The number of likely N-dealkylation sites (N-methyl/N-ethyl adjacent to an activating group) is 1. The summed E-state index contributed by atoms with van der Waals surface area (Å²) in [5, 5.41) is 11.4. The van der Waals surface area contributed by atoms with Crippen LogP contribution in [0.2, 0.25) is 0 Å². The molecule has 0 bridgehead atoms. The number of alkyl halides is 3. The molecular formula is C24H28F4N4O3. The molecule has 2 aromatic rings. The van der Waals surface area contributed by atoms with Crippen molar-refractivity contribution in [1.82, 2.24) is 9.80 Å². The largest absolute Gasteiger partial charge is 0.416 e. The zero-order valence-electron chi connectivity index (χ0n) is 19.6. The summed E-state index contributed by atoms with van der Waals surface area (Å²) in [5.41, 5.74) is -0.900. The highest BCUT2D eigenvalue weighted by Gasteiger charge is 2.35. The normalized spacial score (nSPS) is 14.9. The van der Waals surface area contributed by atoms with Crippen LogP contribution in [0.4, 0.5) is 28.9 Å². The molecule has 0 aliphatic carbocycles. The van der Waals surface area contributed by atoms with Crippen molar-refractivity contribution in [3.05, 3.63) is 69.5 Å². The van der Waals surface area contributed by atoms with Gasteiger partial charge in [-0.2, -0.15) is 13.2 Å². The fourth-order valence-electron chi connectivity index (χ4n) is 4.18. The number of carbonyl (C=O) groups excluding carboxylic acids is 1. The van der Waals surface area contributed by atoms with Crippen molar-refractivity contribution in [1.29, 1.82) is 0 Å². The van der Waals surface area contributed by atoms with Crippen LogP contribution in [0.15, 0.2) is 42.5 Å². The number of rotatable bonds is 8. The number of amides is 1. The zero-order chi connectivity index (χ0) is 25.8. The van der Waals surface area contributed by atoms with Crippen molar-refractivity contribution in [3.8, 4) is 0 Å². The van der Waals surface area contributed by atoms with Crippen LogP contribution in [0.25, 0.3) is 0 Å². The molecule has 2 aromatic carbocycles. The van der Waals surface area contributed by atoms with Gasteiger partial charge in [0, 0.05) is 44.7 Å². The Kier molecular flexibility index (Phi) is 8.31. The van der Waals surface area contributed by atoms with Gasteiger partial charge in [0.2, 0.25) is 5.91 Å². The summed E-state index contributed by atoms with van der Waals surface area (Å²) in [6.07, 6.45) is -3.88. The summed E-state index contributed by atoms with van der Waals surface area (Å²) < 4.78 is 52.7. The second-order valence-electron chi connectivity index (χ2n) is 8.91. The van der Waals surface area contributed by atoms with Gasteiger partial charge in [-0.3, -0.25) is 14.9 Å². The Hall–Kier alpha value is -3.21. The number of nitro groups is 1. The Balaban J connectivity index is 1.72. The minimum Gasteiger partial charge on any atom is -0.366 e. The molecule has 1 amide bonds. The van der Waals surface area contributed by atoms with E-state index < -0.39 is 22.4 Å². The second-order valence-corrected chi connectivity index (χ2v) is 8.91. The highest BCUT2D eigenvalue weighted by Crippen LogP contribution is 2.38. The standard InChI is InChI=1S/C24H28F4N4O3/c1-29(2)12-13-31(16-17-4-3-5-20(25)14-17)23(33)18-8-10-30(11-9-18)21-7-6-19(24(26,27)28)15-22(21)32(34)35/h3-7,14-15,18H,8-13,16H2,1-2H3. The molecule has 1 saturated heterocycles. The first kappa shape index (κ1) is 26.4. The van der Waals surface area contributed by atoms with Crippen molar-refractivity contribution in [2.24, 2.45) is 5.92 Å². The maximum Gasteiger partial charge on any atom is 0.416 e. The minimum atomic E-state index is -4.68. The number of halogens is 4. The molecule has 1 aliphatic rings. The van der Waals surface area contributed by atoms with Crippen molar-refractivity contribution in [2.45, 2.75) is 25.6 Å². The van der Waals surface area contributed by atoms with E-state index in [9.17, 15) is 32.5 Å². The fraction of sp³-hybridized carbons (Fsp3) is 0.458. The van der Waals surface area contributed by atoms with Crippen molar-refractivity contribution < 1.29 is 27.3 Å². The van der Waals surface area contributed by atoms with E-state index in [0.717, 1.165) is 12.1 Å². The van der Waals surface area contributed by atoms with E-state index in [-0.39, 0.29) is 29.9 Å². The molecule has 1 fully saturated rings. The highest BCUT2D eigenvalue weighted by atomic mass is 19.4. The molecule has 1 aliphatic heterocycles.